The Morgan fingerprint density at radius 1 is 1.53 bits per heavy atom. The van der Waals surface area contributed by atoms with Crippen molar-refractivity contribution in [3.05, 3.63) is 28.2 Å². The summed E-state index contributed by atoms with van der Waals surface area (Å²) in [6, 6.07) is 7.11. The van der Waals surface area contributed by atoms with Crippen LogP contribution >= 0.6 is 15.9 Å². The molecule has 0 aliphatic carbocycles. The lowest BCUT2D eigenvalue weighted by molar-refractivity contribution is 0.505. The van der Waals surface area contributed by atoms with Crippen molar-refractivity contribution in [2.24, 2.45) is 0 Å². The van der Waals surface area contributed by atoms with E-state index in [0.717, 1.165) is 13.1 Å². The van der Waals surface area contributed by atoms with Crippen molar-refractivity contribution in [3.63, 3.8) is 0 Å². The maximum atomic E-state index is 3.71. The first-order valence-electron chi connectivity index (χ1n) is 6.38. The third-order valence-corrected chi connectivity index (χ3v) is 4.42. The Morgan fingerprint density at radius 3 is 2.94 bits per heavy atom. The van der Waals surface area contributed by atoms with Crippen LogP contribution in [-0.4, -0.2) is 26.2 Å². The summed E-state index contributed by atoms with van der Waals surface area (Å²) >= 11 is 3.71. The van der Waals surface area contributed by atoms with E-state index in [0.29, 0.717) is 12.0 Å². The molecule has 0 amide bonds. The number of benzene rings is 1. The van der Waals surface area contributed by atoms with Gasteiger partial charge in [0, 0.05) is 35.2 Å². The van der Waals surface area contributed by atoms with E-state index in [4.69, 9.17) is 0 Å². The molecule has 1 N–H and O–H groups in total. The summed E-state index contributed by atoms with van der Waals surface area (Å²) in [5, 5.41) is 3.34. The van der Waals surface area contributed by atoms with Crippen LogP contribution in [0.4, 0.5) is 5.69 Å². The summed E-state index contributed by atoms with van der Waals surface area (Å²) < 4.78 is 1.26. The maximum absolute atomic E-state index is 3.71. The fraction of sp³-hybridized carbons (Fsp3) is 0.571. The van der Waals surface area contributed by atoms with Gasteiger partial charge in [-0.2, -0.15) is 0 Å². The van der Waals surface area contributed by atoms with Crippen LogP contribution in [0.5, 0.6) is 0 Å². The van der Waals surface area contributed by atoms with E-state index in [-0.39, 0.29) is 0 Å². The second-order valence-electron chi connectivity index (χ2n) is 4.83. The molecule has 2 atom stereocenters. The molecule has 1 aromatic carbocycles. The number of anilines is 1. The molecule has 1 heterocycles. The van der Waals surface area contributed by atoms with Crippen molar-refractivity contribution in [1.29, 1.82) is 0 Å². The van der Waals surface area contributed by atoms with E-state index in [1.54, 1.807) is 0 Å². The average Bonchev–Trinajstić information content (AvgIpc) is 2.68. The Balaban J connectivity index is 2.29. The standard InChI is InChI=1S/C14H21BrN2/c1-4-17-9-11(8-10(2)16-3)14-12(15)6-5-7-13(14)17/h5-7,10-11,16H,4,8-9H2,1-3H3. The van der Waals surface area contributed by atoms with Crippen LogP contribution in [0.15, 0.2) is 22.7 Å². The topological polar surface area (TPSA) is 15.3 Å². The van der Waals surface area contributed by atoms with Crippen LogP contribution in [-0.2, 0) is 0 Å². The van der Waals surface area contributed by atoms with Gasteiger partial charge >= 0.3 is 0 Å². The van der Waals surface area contributed by atoms with E-state index in [2.05, 4.69) is 58.2 Å². The summed E-state index contributed by atoms with van der Waals surface area (Å²) in [6.07, 6.45) is 1.20. The van der Waals surface area contributed by atoms with Crippen LogP contribution in [0.3, 0.4) is 0 Å². The molecule has 0 bridgehead atoms. The monoisotopic (exact) mass is 296 g/mol. The molecule has 0 spiro atoms. The van der Waals surface area contributed by atoms with Crippen LogP contribution in [0, 0.1) is 0 Å². The molecule has 1 aromatic rings. The van der Waals surface area contributed by atoms with E-state index in [1.807, 2.05) is 7.05 Å². The van der Waals surface area contributed by atoms with Crippen molar-refractivity contribution in [3.8, 4) is 0 Å². The SMILES string of the molecule is CCN1CC(CC(C)NC)c2c(Br)cccc21. The minimum Gasteiger partial charge on any atom is -0.371 e. The third kappa shape index (κ3) is 2.50. The number of hydrogen-bond donors (Lipinski definition) is 1. The molecule has 2 rings (SSSR count). The molecule has 3 heteroatoms. The quantitative estimate of drug-likeness (QED) is 0.916. The Kier molecular flexibility index (Phi) is 4.10. The van der Waals surface area contributed by atoms with Crippen molar-refractivity contribution >= 4 is 21.6 Å². The zero-order valence-electron chi connectivity index (χ0n) is 10.8. The van der Waals surface area contributed by atoms with E-state index >= 15 is 0 Å². The highest BCUT2D eigenvalue weighted by atomic mass is 79.9. The Hall–Kier alpha value is -0.540. The summed E-state index contributed by atoms with van der Waals surface area (Å²) in [5.41, 5.74) is 2.91. The number of nitrogens with zero attached hydrogens (tertiary/aromatic N) is 1. The molecule has 1 aliphatic heterocycles. The second-order valence-corrected chi connectivity index (χ2v) is 5.69. The zero-order chi connectivity index (χ0) is 12.4. The van der Waals surface area contributed by atoms with E-state index < -0.39 is 0 Å². The van der Waals surface area contributed by atoms with Gasteiger partial charge in [0.1, 0.15) is 0 Å². The first-order valence-corrected chi connectivity index (χ1v) is 7.17. The van der Waals surface area contributed by atoms with Gasteiger partial charge in [-0.15, -0.1) is 0 Å². The first-order chi connectivity index (χ1) is 8.17. The fourth-order valence-corrected chi connectivity index (χ4v) is 3.38. The highest BCUT2D eigenvalue weighted by Gasteiger charge is 2.30. The second kappa shape index (κ2) is 5.40. The van der Waals surface area contributed by atoms with E-state index in [9.17, 15) is 0 Å². The summed E-state index contributed by atoms with van der Waals surface area (Å²) in [7, 11) is 2.04. The molecule has 94 valence electrons. The van der Waals surface area contributed by atoms with Crippen LogP contribution in [0.1, 0.15) is 31.7 Å². The summed E-state index contributed by atoms with van der Waals surface area (Å²) in [6.45, 7) is 6.73. The lowest BCUT2D eigenvalue weighted by Crippen LogP contribution is -2.26. The average molecular weight is 297 g/mol. The predicted molar refractivity (Wildman–Crippen MR) is 77.9 cm³/mol. The predicted octanol–water partition coefficient (Wildman–Crippen LogP) is 3.37. The molecule has 0 aromatic heterocycles. The summed E-state index contributed by atoms with van der Waals surface area (Å²) in [4.78, 5) is 2.48. The van der Waals surface area contributed by atoms with Crippen LogP contribution in [0.25, 0.3) is 0 Å². The molecule has 2 unspecified atom stereocenters. The molecule has 0 saturated heterocycles. The van der Waals surface area contributed by atoms with Gasteiger partial charge in [0.15, 0.2) is 0 Å². The van der Waals surface area contributed by atoms with Gasteiger partial charge in [0.05, 0.1) is 0 Å². The lowest BCUT2D eigenvalue weighted by Gasteiger charge is -2.19. The number of nitrogens with one attached hydrogen (secondary N) is 1. The Labute approximate surface area is 113 Å². The van der Waals surface area contributed by atoms with Crippen molar-refractivity contribution in [1.82, 2.24) is 5.32 Å². The van der Waals surface area contributed by atoms with Gasteiger partial charge in [-0.25, -0.2) is 0 Å². The van der Waals surface area contributed by atoms with Gasteiger partial charge < -0.3 is 10.2 Å². The number of likely N-dealkylation sites (N-methyl/N-ethyl adjacent to an activating group) is 1. The molecule has 0 radical (unpaired) electrons. The van der Waals surface area contributed by atoms with Gasteiger partial charge in [0.25, 0.3) is 0 Å². The molecule has 1 aliphatic rings. The Morgan fingerprint density at radius 2 is 2.29 bits per heavy atom. The largest absolute Gasteiger partial charge is 0.371 e. The number of rotatable bonds is 4. The van der Waals surface area contributed by atoms with Crippen molar-refractivity contribution < 1.29 is 0 Å². The molecular weight excluding hydrogens is 276 g/mol. The van der Waals surface area contributed by atoms with Crippen LogP contribution in [0.2, 0.25) is 0 Å². The molecule has 0 fully saturated rings. The zero-order valence-corrected chi connectivity index (χ0v) is 12.4. The van der Waals surface area contributed by atoms with Crippen molar-refractivity contribution in [2.75, 3.05) is 25.0 Å². The van der Waals surface area contributed by atoms with Gasteiger partial charge in [-0.05, 0) is 45.0 Å². The molecule has 0 saturated carbocycles. The first kappa shape index (κ1) is 12.9. The summed E-state index contributed by atoms with van der Waals surface area (Å²) in [5.74, 6) is 0.642. The highest BCUT2D eigenvalue weighted by Crippen LogP contribution is 2.42. The van der Waals surface area contributed by atoms with Crippen molar-refractivity contribution in [2.45, 2.75) is 32.2 Å². The highest BCUT2D eigenvalue weighted by molar-refractivity contribution is 9.10. The smallest absolute Gasteiger partial charge is 0.0413 e. The minimum absolute atomic E-state index is 0.566. The molecule has 2 nitrogen and oxygen atoms in total. The fourth-order valence-electron chi connectivity index (χ4n) is 2.70. The van der Waals surface area contributed by atoms with Gasteiger partial charge in [-0.3, -0.25) is 0 Å². The Bertz CT molecular complexity index is 390. The normalized spacial score (nSPS) is 20.5. The molecule has 17 heavy (non-hydrogen) atoms. The number of fused-ring (bicyclic) bond motifs is 1. The lowest BCUT2D eigenvalue weighted by atomic mass is 9.94. The van der Waals surface area contributed by atoms with Gasteiger partial charge in [0.2, 0.25) is 0 Å². The van der Waals surface area contributed by atoms with Gasteiger partial charge in [-0.1, -0.05) is 22.0 Å². The molecular formula is C14H21BrN2. The van der Waals surface area contributed by atoms with E-state index in [1.165, 1.54) is 22.1 Å². The number of halogens is 1. The minimum atomic E-state index is 0.566. The third-order valence-electron chi connectivity index (χ3n) is 3.73. The maximum Gasteiger partial charge on any atom is 0.0413 e. The van der Waals surface area contributed by atoms with Crippen LogP contribution < -0.4 is 10.2 Å². The number of hydrogen-bond acceptors (Lipinski definition) is 2.